The zero-order chi connectivity index (χ0) is 11.6. The fraction of sp³-hybridized carbons (Fsp3) is 0.0909. The van der Waals surface area contributed by atoms with Gasteiger partial charge in [0.2, 0.25) is 11.6 Å². The maximum Gasteiger partial charge on any atom is 0.206 e. The Bertz CT molecular complexity index is 440. The summed E-state index contributed by atoms with van der Waals surface area (Å²) in [5.74, 6) is -0.846. The van der Waals surface area contributed by atoms with E-state index in [-0.39, 0.29) is 15.6 Å². The number of allylic oxidation sites excluding steroid dienone is 7. The number of carbonyl (C=O) groups excluding carboxylic acids is 2. The standard InChI is InChI=1S/C11H8Cl2O2/c1-3-4-5-7-6(2)10(14)8(12)9(13)11(7)15/h3-5H,1H2,2H3/b5-4-. The molecule has 1 aliphatic rings. The van der Waals surface area contributed by atoms with Crippen LogP contribution in [0, 0.1) is 0 Å². The van der Waals surface area contributed by atoms with Crippen LogP contribution in [0.4, 0.5) is 0 Å². The molecule has 0 aromatic heterocycles. The summed E-state index contributed by atoms with van der Waals surface area (Å²) >= 11 is 11.2. The number of halogens is 2. The summed E-state index contributed by atoms with van der Waals surface area (Å²) in [6, 6.07) is 0. The Balaban J connectivity index is 3.28. The van der Waals surface area contributed by atoms with Crippen LogP contribution in [-0.4, -0.2) is 11.6 Å². The first-order valence-corrected chi connectivity index (χ1v) is 4.91. The first kappa shape index (κ1) is 12.0. The summed E-state index contributed by atoms with van der Waals surface area (Å²) < 4.78 is 0. The molecule has 0 aliphatic heterocycles. The molecule has 0 bridgehead atoms. The van der Waals surface area contributed by atoms with Crippen LogP contribution in [-0.2, 0) is 9.59 Å². The monoisotopic (exact) mass is 242 g/mol. The predicted molar refractivity (Wildman–Crippen MR) is 60.8 cm³/mol. The molecule has 0 radical (unpaired) electrons. The lowest BCUT2D eigenvalue weighted by molar-refractivity contribution is -0.115. The van der Waals surface area contributed by atoms with Gasteiger partial charge in [-0.2, -0.15) is 0 Å². The zero-order valence-corrected chi connectivity index (χ0v) is 9.52. The van der Waals surface area contributed by atoms with E-state index in [0.717, 1.165) is 0 Å². The Labute approximate surface area is 97.6 Å². The summed E-state index contributed by atoms with van der Waals surface area (Å²) in [6.07, 6.45) is 4.56. The maximum atomic E-state index is 11.6. The van der Waals surface area contributed by atoms with E-state index in [1.54, 1.807) is 6.08 Å². The zero-order valence-electron chi connectivity index (χ0n) is 8.01. The van der Waals surface area contributed by atoms with Crippen LogP contribution < -0.4 is 0 Å². The normalized spacial score (nSPS) is 18.1. The molecule has 0 fully saturated rings. The minimum Gasteiger partial charge on any atom is -0.288 e. The number of rotatable bonds is 2. The van der Waals surface area contributed by atoms with Gasteiger partial charge in [-0.15, -0.1) is 0 Å². The van der Waals surface area contributed by atoms with Gasteiger partial charge in [-0.05, 0) is 6.92 Å². The Morgan fingerprint density at radius 1 is 1.13 bits per heavy atom. The molecule has 4 heteroatoms. The molecule has 0 amide bonds. The molecule has 0 aromatic carbocycles. The van der Waals surface area contributed by atoms with Crippen LogP contribution in [0.25, 0.3) is 0 Å². The van der Waals surface area contributed by atoms with Gasteiger partial charge in [0.15, 0.2) is 0 Å². The molecule has 2 nitrogen and oxygen atoms in total. The summed E-state index contributed by atoms with van der Waals surface area (Å²) in [6.45, 7) is 5.01. The van der Waals surface area contributed by atoms with Gasteiger partial charge in [0.05, 0.1) is 0 Å². The second kappa shape index (κ2) is 4.60. The van der Waals surface area contributed by atoms with Gasteiger partial charge >= 0.3 is 0 Å². The second-order valence-corrected chi connectivity index (χ2v) is 3.68. The molecule has 0 N–H and O–H groups in total. The van der Waals surface area contributed by atoms with Gasteiger partial charge in [0.1, 0.15) is 10.1 Å². The van der Waals surface area contributed by atoms with Gasteiger partial charge in [0, 0.05) is 11.1 Å². The largest absolute Gasteiger partial charge is 0.288 e. The van der Waals surface area contributed by atoms with E-state index in [1.807, 2.05) is 0 Å². The first-order valence-electron chi connectivity index (χ1n) is 4.15. The van der Waals surface area contributed by atoms with E-state index < -0.39 is 11.6 Å². The highest BCUT2D eigenvalue weighted by molar-refractivity contribution is 6.59. The highest BCUT2D eigenvalue weighted by Crippen LogP contribution is 2.29. The molecule has 15 heavy (non-hydrogen) atoms. The molecular formula is C11H8Cl2O2. The van der Waals surface area contributed by atoms with Gasteiger partial charge in [-0.3, -0.25) is 9.59 Å². The van der Waals surface area contributed by atoms with Gasteiger partial charge in [-0.1, -0.05) is 48.0 Å². The van der Waals surface area contributed by atoms with E-state index in [9.17, 15) is 9.59 Å². The van der Waals surface area contributed by atoms with Crippen molar-refractivity contribution >= 4 is 34.8 Å². The summed E-state index contributed by atoms with van der Waals surface area (Å²) in [5, 5.41) is -0.439. The van der Waals surface area contributed by atoms with Crippen molar-refractivity contribution in [1.82, 2.24) is 0 Å². The number of hydrogen-bond acceptors (Lipinski definition) is 2. The van der Waals surface area contributed by atoms with Crippen molar-refractivity contribution in [2.75, 3.05) is 0 Å². The van der Waals surface area contributed by atoms with Crippen LogP contribution in [0.5, 0.6) is 0 Å². The number of hydrogen-bond donors (Lipinski definition) is 0. The van der Waals surface area contributed by atoms with Gasteiger partial charge in [-0.25, -0.2) is 0 Å². The highest BCUT2D eigenvalue weighted by Gasteiger charge is 2.29. The average molecular weight is 243 g/mol. The van der Waals surface area contributed by atoms with E-state index in [0.29, 0.717) is 5.57 Å². The first-order chi connectivity index (χ1) is 7.00. The van der Waals surface area contributed by atoms with Crippen LogP contribution in [0.1, 0.15) is 6.92 Å². The Morgan fingerprint density at radius 3 is 2.20 bits per heavy atom. The highest BCUT2D eigenvalue weighted by atomic mass is 35.5. The molecule has 0 spiro atoms. The Hall–Kier alpha value is -1.12. The second-order valence-electron chi connectivity index (χ2n) is 2.92. The predicted octanol–water partition coefficient (Wildman–Crippen LogP) is 2.89. The van der Waals surface area contributed by atoms with Crippen molar-refractivity contribution in [3.8, 4) is 0 Å². The summed E-state index contributed by atoms with van der Waals surface area (Å²) in [7, 11) is 0. The molecule has 1 rings (SSSR count). The van der Waals surface area contributed by atoms with Gasteiger partial charge in [0.25, 0.3) is 0 Å². The van der Waals surface area contributed by atoms with Gasteiger partial charge < -0.3 is 0 Å². The third-order valence-electron chi connectivity index (χ3n) is 1.98. The van der Waals surface area contributed by atoms with Crippen molar-refractivity contribution in [3.63, 3.8) is 0 Å². The topological polar surface area (TPSA) is 34.1 Å². The van der Waals surface area contributed by atoms with Crippen LogP contribution in [0.3, 0.4) is 0 Å². The van der Waals surface area contributed by atoms with Crippen LogP contribution in [0.2, 0.25) is 0 Å². The fourth-order valence-electron chi connectivity index (χ4n) is 1.14. The minimum absolute atomic E-state index is 0.213. The van der Waals surface area contributed by atoms with Crippen molar-refractivity contribution in [2.24, 2.45) is 0 Å². The third kappa shape index (κ3) is 2.11. The molecule has 0 aromatic rings. The summed E-state index contributed by atoms with van der Waals surface area (Å²) in [5.41, 5.74) is 0.557. The third-order valence-corrected chi connectivity index (χ3v) is 2.80. The van der Waals surface area contributed by atoms with Crippen molar-refractivity contribution < 1.29 is 9.59 Å². The van der Waals surface area contributed by atoms with E-state index in [1.165, 1.54) is 19.1 Å². The lowest BCUT2D eigenvalue weighted by atomic mass is 9.95. The lowest BCUT2D eigenvalue weighted by Crippen LogP contribution is -2.17. The van der Waals surface area contributed by atoms with Crippen LogP contribution in [0.15, 0.2) is 46.0 Å². The molecule has 0 saturated carbocycles. The van der Waals surface area contributed by atoms with E-state index in [2.05, 4.69) is 6.58 Å². The quantitative estimate of drug-likeness (QED) is 0.552. The SMILES string of the molecule is C=C/C=C\C1=C(C)C(=O)C(Cl)=C(Cl)C1=O. The number of ketones is 2. The average Bonchev–Trinajstić information content (AvgIpc) is 2.24. The maximum absolute atomic E-state index is 11.6. The molecule has 0 atom stereocenters. The minimum atomic E-state index is -0.433. The molecule has 78 valence electrons. The molecule has 1 aliphatic carbocycles. The number of carbonyl (C=O) groups is 2. The Morgan fingerprint density at radius 2 is 1.67 bits per heavy atom. The lowest BCUT2D eigenvalue weighted by Gasteiger charge is -2.12. The molecular weight excluding hydrogens is 235 g/mol. The molecule has 0 heterocycles. The van der Waals surface area contributed by atoms with Crippen molar-refractivity contribution in [1.29, 1.82) is 0 Å². The summed E-state index contributed by atoms with van der Waals surface area (Å²) in [4.78, 5) is 23.1. The van der Waals surface area contributed by atoms with Crippen LogP contribution >= 0.6 is 23.2 Å². The Kier molecular flexibility index (Phi) is 3.66. The molecule has 0 unspecified atom stereocenters. The fourth-order valence-corrected chi connectivity index (χ4v) is 1.55. The van der Waals surface area contributed by atoms with E-state index in [4.69, 9.17) is 23.2 Å². The van der Waals surface area contributed by atoms with Crippen molar-refractivity contribution in [3.05, 3.63) is 46.0 Å². The van der Waals surface area contributed by atoms with Crippen molar-refractivity contribution in [2.45, 2.75) is 6.92 Å². The smallest absolute Gasteiger partial charge is 0.206 e. The molecule has 0 saturated heterocycles. The van der Waals surface area contributed by atoms with E-state index >= 15 is 0 Å². The number of Topliss-reactive ketones (excluding diaryl/α,β-unsaturated/α-hetero) is 2.